The molecular formula is C22H28N6O. The molecule has 3 rings (SSSR count). The third kappa shape index (κ3) is 5.13. The molecule has 0 amide bonds. The molecule has 0 aliphatic rings. The van der Waals surface area contributed by atoms with Crippen LogP contribution in [0.15, 0.2) is 42.5 Å². The maximum atomic E-state index is 5.22. The van der Waals surface area contributed by atoms with Crippen LogP contribution in [0, 0.1) is 13.8 Å². The molecule has 29 heavy (non-hydrogen) atoms. The van der Waals surface area contributed by atoms with Gasteiger partial charge in [0, 0.05) is 24.5 Å². The summed E-state index contributed by atoms with van der Waals surface area (Å²) in [5, 5.41) is 6.62. The van der Waals surface area contributed by atoms with Crippen molar-refractivity contribution in [2.45, 2.75) is 27.7 Å². The van der Waals surface area contributed by atoms with E-state index >= 15 is 0 Å². The van der Waals surface area contributed by atoms with Crippen LogP contribution in [0.25, 0.3) is 0 Å². The highest BCUT2D eigenvalue weighted by Crippen LogP contribution is 2.24. The fourth-order valence-corrected chi connectivity index (χ4v) is 2.92. The zero-order valence-corrected chi connectivity index (χ0v) is 17.7. The Balaban J connectivity index is 1.95. The van der Waals surface area contributed by atoms with Gasteiger partial charge >= 0.3 is 0 Å². The Hall–Kier alpha value is -3.35. The van der Waals surface area contributed by atoms with Gasteiger partial charge < -0.3 is 20.3 Å². The van der Waals surface area contributed by atoms with Gasteiger partial charge in [-0.15, -0.1) is 0 Å². The number of methoxy groups -OCH3 is 1. The molecule has 0 radical (unpaired) electrons. The standard InChI is InChI=1S/C22H28N6O/c1-6-28(7-2)22-26-20(23-17-10-12-18(29-5)13-11-17)25-21(27-22)24-19-14-15(3)8-9-16(19)4/h8-14H,6-7H2,1-5H3,(H2,23,24,25,26,27). The summed E-state index contributed by atoms with van der Waals surface area (Å²) in [5.74, 6) is 2.42. The third-order valence-corrected chi connectivity index (χ3v) is 4.66. The van der Waals surface area contributed by atoms with Gasteiger partial charge in [-0.05, 0) is 69.2 Å². The lowest BCUT2D eigenvalue weighted by Gasteiger charge is -2.20. The van der Waals surface area contributed by atoms with Crippen molar-refractivity contribution in [3.63, 3.8) is 0 Å². The Bertz CT molecular complexity index is 954. The van der Waals surface area contributed by atoms with E-state index in [2.05, 4.69) is 76.4 Å². The van der Waals surface area contributed by atoms with Crippen molar-refractivity contribution in [3.05, 3.63) is 53.6 Å². The number of hydrogen-bond acceptors (Lipinski definition) is 7. The van der Waals surface area contributed by atoms with Gasteiger partial charge in [-0.3, -0.25) is 0 Å². The van der Waals surface area contributed by atoms with Crippen molar-refractivity contribution >= 4 is 29.2 Å². The molecular weight excluding hydrogens is 364 g/mol. The highest BCUT2D eigenvalue weighted by Gasteiger charge is 2.12. The van der Waals surface area contributed by atoms with Crippen molar-refractivity contribution in [1.82, 2.24) is 15.0 Å². The lowest BCUT2D eigenvalue weighted by molar-refractivity contribution is 0.415. The predicted molar refractivity (Wildman–Crippen MR) is 119 cm³/mol. The molecule has 2 aromatic carbocycles. The normalized spacial score (nSPS) is 10.5. The summed E-state index contributed by atoms with van der Waals surface area (Å²) in [6, 6.07) is 13.9. The SMILES string of the molecule is CCN(CC)c1nc(Nc2ccc(OC)cc2)nc(Nc2cc(C)ccc2C)n1. The van der Waals surface area contributed by atoms with E-state index < -0.39 is 0 Å². The van der Waals surface area contributed by atoms with E-state index in [0.29, 0.717) is 17.8 Å². The van der Waals surface area contributed by atoms with Crippen molar-refractivity contribution in [2.24, 2.45) is 0 Å². The zero-order chi connectivity index (χ0) is 20.8. The molecule has 0 saturated carbocycles. The van der Waals surface area contributed by atoms with E-state index in [4.69, 9.17) is 4.74 Å². The molecule has 0 aliphatic heterocycles. The van der Waals surface area contributed by atoms with Crippen molar-refractivity contribution in [1.29, 1.82) is 0 Å². The second-order valence-electron chi connectivity index (χ2n) is 6.75. The molecule has 7 heteroatoms. The molecule has 7 nitrogen and oxygen atoms in total. The molecule has 0 spiro atoms. The highest BCUT2D eigenvalue weighted by atomic mass is 16.5. The minimum atomic E-state index is 0.486. The summed E-state index contributed by atoms with van der Waals surface area (Å²) in [6.07, 6.45) is 0. The van der Waals surface area contributed by atoms with Crippen LogP contribution < -0.4 is 20.3 Å². The monoisotopic (exact) mass is 392 g/mol. The van der Waals surface area contributed by atoms with E-state index in [-0.39, 0.29) is 0 Å². The van der Waals surface area contributed by atoms with Crippen LogP contribution in [0.1, 0.15) is 25.0 Å². The zero-order valence-electron chi connectivity index (χ0n) is 17.7. The number of hydrogen-bond donors (Lipinski definition) is 2. The van der Waals surface area contributed by atoms with E-state index in [0.717, 1.165) is 35.8 Å². The molecule has 0 unspecified atom stereocenters. The second-order valence-corrected chi connectivity index (χ2v) is 6.75. The Kier molecular flexibility index (Phi) is 6.49. The van der Waals surface area contributed by atoms with Crippen LogP contribution in [-0.4, -0.2) is 35.2 Å². The van der Waals surface area contributed by atoms with Crippen LogP contribution in [0.4, 0.5) is 29.2 Å². The van der Waals surface area contributed by atoms with Crippen molar-refractivity contribution in [2.75, 3.05) is 35.7 Å². The summed E-state index contributed by atoms with van der Waals surface area (Å²) in [5.41, 5.74) is 4.16. The third-order valence-electron chi connectivity index (χ3n) is 4.66. The molecule has 0 saturated heterocycles. The molecule has 0 fully saturated rings. The number of nitrogens with zero attached hydrogens (tertiary/aromatic N) is 4. The Morgan fingerprint density at radius 2 is 1.52 bits per heavy atom. The first-order chi connectivity index (χ1) is 14.0. The lowest BCUT2D eigenvalue weighted by Crippen LogP contribution is -2.25. The molecule has 1 aromatic heterocycles. The quantitative estimate of drug-likeness (QED) is 0.568. The first-order valence-electron chi connectivity index (χ1n) is 9.78. The number of rotatable bonds is 8. The number of anilines is 5. The van der Waals surface area contributed by atoms with Gasteiger partial charge in [-0.2, -0.15) is 15.0 Å². The minimum absolute atomic E-state index is 0.486. The van der Waals surface area contributed by atoms with Gasteiger partial charge in [-0.1, -0.05) is 12.1 Å². The van der Waals surface area contributed by atoms with Gasteiger partial charge in [0.1, 0.15) is 5.75 Å². The van der Waals surface area contributed by atoms with Gasteiger partial charge in [0.05, 0.1) is 7.11 Å². The van der Waals surface area contributed by atoms with Gasteiger partial charge in [0.25, 0.3) is 0 Å². The Morgan fingerprint density at radius 1 is 0.862 bits per heavy atom. The van der Waals surface area contributed by atoms with Gasteiger partial charge in [-0.25, -0.2) is 0 Å². The topological polar surface area (TPSA) is 75.2 Å². The molecule has 3 aromatic rings. The molecule has 1 heterocycles. The van der Waals surface area contributed by atoms with Crippen molar-refractivity contribution in [3.8, 4) is 5.75 Å². The second kappa shape index (κ2) is 9.23. The predicted octanol–water partition coefficient (Wildman–Crippen LogP) is 4.83. The number of ether oxygens (including phenoxy) is 1. The lowest BCUT2D eigenvalue weighted by atomic mass is 10.1. The molecule has 0 bridgehead atoms. The fourth-order valence-electron chi connectivity index (χ4n) is 2.92. The summed E-state index contributed by atoms with van der Waals surface area (Å²) < 4.78 is 5.22. The van der Waals surface area contributed by atoms with Gasteiger partial charge in [0.2, 0.25) is 17.8 Å². The molecule has 0 aliphatic carbocycles. The molecule has 152 valence electrons. The Morgan fingerprint density at radius 3 is 2.14 bits per heavy atom. The van der Waals surface area contributed by atoms with Gasteiger partial charge in [0.15, 0.2) is 0 Å². The first kappa shape index (κ1) is 20.4. The van der Waals surface area contributed by atoms with Crippen molar-refractivity contribution < 1.29 is 4.74 Å². The smallest absolute Gasteiger partial charge is 0.233 e. The maximum absolute atomic E-state index is 5.22. The maximum Gasteiger partial charge on any atom is 0.233 e. The summed E-state index contributed by atoms with van der Waals surface area (Å²) >= 11 is 0. The van der Waals surface area contributed by atoms with E-state index in [1.165, 1.54) is 5.56 Å². The number of aromatic nitrogens is 3. The fraction of sp³-hybridized carbons (Fsp3) is 0.318. The first-order valence-corrected chi connectivity index (χ1v) is 9.78. The highest BCUT2D eigenvalue weighted by molar-refractivity contribution is 5.62. The summed E-state index contributed by atoms with van der Waals surface area (Å²) in [6.45, 7) is 9.92. The van der Waals surface area contributed by atoms with E-state index in [1.54, 1.807) is 7.11 Å². The van der Waals surface area contributed by atoms with E-state index in [9.17, 15) is 0 Å². The summed E-state index contributed by atoms with van der Waals surface area (Å²) in [4.78, 5) is 15.9. The number of aryl methyl sites for hydroxylation is 2. The van der Waals surface area contributed by atoms with Crippen LogP contribution in [0.2, 0.25) is 0 Å². The average Bonchev–Trinajstić information content (AvgIpc) is 2.72. The minimum Gasteiger partial charge on any atom is -0.497 e. The van der Waals surface area contributed by atoms with Crippen LogP contribution in [0.5, 0.6) is 5.75 Å². The van der Waals surface area contributed by atoms with Crippen LogP contribution >= 0.6 is 0 Å². The van der Waals surface area contributed by atoms with Crippen LogP contribution in [-0.2, 0) is 0 Å². The largest absolute Gasteiger partial charge is 0.497 e. The van der Waals surface area contributed by atoms with E-state index in [1.807, 2.05) is 24.3 Å². The van der Waals surface area contributed by atoms with Crippen LogP contribution in [0.3, 0.4) is 0 Å². The molecule has 0 atom stereocenters. The number of nitrogens with one attached hydrogen (secondary N) is 2. The molecule has 2 N–H and O–H groups in total. The Labute approximate surface area is 172 Å². The summed E-state index contributed by atoms with van der Waals surface area (Å²) in [7, 11) is 1.65. The average molecular weight is 393 g/mol. The number of benzene rings is 2.